The molecule has 1 heterocycles. The lowest BCUT2D eigenvalue weighted by Crippen LogP contribution is -2.08. The Labute approximate surface area is 105 Å². The van der Waals surface area contributed by atoms with E-state index in [-0.39, 0.29) is 0 Å². The Balaban J connectivity index is 2.25. The Morgan fingerprint density at radius 1 is 1.12 bits per heavy atom. The van der Waals surface area contributed by atoms with Crippen molar-refractivity contribution in [3.05, 3.63) is 16.0 Å². The highest BCUT2D eigenvalue weighted by molar-refractivity contribution is 9.10. The quantitative estimate of drug-likeness (QED) is 0.802. The van der Waals surface area contributed by atoms with E-state index >= 15 is 0 Å². The van der Waals surface area contributed by atoms with Gasteiger partial charge in [-0.15, -0.1) is 0 Å². The summed E-state index contributed by atoms with van der Waals surface area (Å²) < 4.78 is 0.838. The van der Waals surface area contributed by atoms with Crippen molar-refractivity contribution >= 4 is 21.7 Å². The monoisotopic (exact) mass is 283 g/mol. The Morgan fingerprint density at radius 3 is 2.31 bits per heavy atom. The summed E-state index contributed by atoms with van der Waals surface area (Å²) in [5.41, 5.74) is 6.82. The first kappa shape index (κ1) is 11.8. The van der Waals surface area contributed by atoms with Gasteiger partial charge >= 0.3 is 0 Å². The maximum Gasteiger partial charge on any atom is 0.141 e. The lowest BCUT2D eigenvalue weighted by molar-refractivity contribution is 0.559. The van der Waals surface area contributed by atoms with E-state index in [1.54, 1.807) is 0 Å². The highest BCUT2D eigenvalue weighted by Gasteiger charge is 2.18. The summed E-state index contributed by atoms with van der Waals surface area (Å²) in [4.78, 5) is 8.98. The highest BCUT2D eigenvalue weighted by atomic mass is 79.9. The zero-order chi connectivity index (χ0) is 11.5. The largest absolute Gasteiger partial charge is 0.383 e. The van der Waals surface area contributed by atoms with Crippen molar-refractivity contribution in [2.75, 3.05) is 5.73 Å². The van der Waals surface area contributed by atoms with Gasteiger partial charge in [-0.25, -0.2) is 9.97 Å². The van der Waals surface area contributed by atoms with Gasteiger partial charge in [-0.05, 0) is 35.7 Å². The van der Waals surface area contributed by atoms with E-state index in [1.807, 2.05) is 6.92 Å². The summed E-state index contributed by atoms with van der Waals surface area (Å²) in [6.07, 6.45) is 7.70. The van der Waals surface area contributed by atoms with Crippen molar-refractivity contribution in [2.45, 2.75) is 51.4 Å². The van der Waals surface area contributed by atoms with Crippen LogP contribution in [0.3, 0.4) is 0 Å². The van der Waals surface area contributed by atoms with Crippen molar-refractivity contribution < 1.29 is 0 Å². The smallest absolute Gasteiger partial charge is 0.141 e. The number of halogens is 1. The van der Waals surface area contributed by atoms with Crippen LogP contribution >= 0.6 is 15.9 Å². The van der Waals surface area contributed by atoms with Gasteiger partial charge in [-0.2, -0.15) is 0 Å². The average Bonchev–Trinajstić information content (AvgIpc) is 2.53. The van der Waals surface area contributed by atoms with E-state index in [1.165, 1.54) is 38.5 Å². The molecule has 1 fully saturated rings. The second-order valence-corrected chi connectivity index (χ2v) is 5.35. The number of aromatic nitrogens is 2. The molecule has 2 N–H and O–H groups in total. The van der Waals surface area contributed by atoms with E-state index in [2.05, 4.69) is 25.9 Å². The first-order valence-corrected chi connectivity index (χ1v) is 6.77. The minimum atomic E-state index is 0.511. The molecule has 3 nitrogen and oxygen atoms in total. The maximum atomic E-state index is 5.87. The van der Waals surface area contributed by atoms with Crippen LogP contribution in [0, 0.1) is 6.92 Å². The van der Waals surface area contributed by atoms with Gasteiger partial charge in [0.05, 0.1) is 10.2 Å². The first-order valence-electron chi connectivity index (χ1n) is 5.98. The molecule has 0 aliphatic heterocycles. The molecule has 0 radical (unpaired) electrons. The Morgan fingerprint density at radius 2 is 1.75 bits per heavy atom. The molecular weight excluding hydrogens is 266 g/mol. The normalized spacial score (nSPS) is 18.4. The molecule has 1 aliphatic rings. The van der Waals surface area contributed by atoms with Crippen molar-refractivity contribution in [2.24, 2.45) is 0 Å². The molecule has 4 heteroatoms. The predicted octanol–water partition coefficient (Wildman–Crippen LogP) is 3.57. The molecule has 1 saturated carbocycles. The molecule has 1 aliphatic carbocycles. The molecule has 0 saturated heterocycles. The van der Waals surface area contributed by atoms with Crippen LogP contribution in [0.2, 0.25) is 0 Å². The Kier molecular flexibility index (Phi) is 3.79. The van der Waals surface area contributed by atoms with Crippen LogP contribution in [-0.2, 0) is 0 Å². The third kappa shape index (κ3) is 2.54. The van der Waals surface area contributed by atoms with Crippen LogP contribution in [-0.4, -0.2) is 9.97 Å². The van der Waals surface area contributed by atoms with Crippen molar-refractivity contribution in [3.63, 3.8) is 0 Å². The minimum Gasteiger partial charge on any atom is -0.383 e. The summed E-state index contributed by atoms with van der Waals surface area (Å²) in [5, 5.41) is 0. The summed E-state index contributed by atoms with van der Waals surface area (Å²) in [6.45, 7) is 1.97. The van der Waals surface area contributed by atoms with E-state index in [4.69, 9.17) is 5.73 Å². The van der Waals surface area contributed by atoms with Crippen molar-refractivity contribution in [3.8, 4) is 0 Å². The van der Waals surface area contributed by atoms with E-state index in [9.17, 15) is 0 Å². The molecular formula is C12H18BrN3. The standard InChI is InChI=1S/C12H18BrN3/c1-8-10(13)11(14)16-12(15-8)9-6-4-2-3-5-7-9/h9H,2-7H2,1H3,(H2,14,15,16). The van der Waals surface area contributed by atoms with E-state index in [0.717, 1.165) is 16.0 Å². The molecule has 0 aromatic carbocycles. The minimum absolute atomic E-state index is 0.511. The fraction of sp³-hybridized carbons (Fsp3) is 0.667. The molecule has 0 spiro atoms. The number of hydrogen-bond donors (Lipinski definition) is 1. The average molecular weight is 284 g/mol. The van der Waals surface area contributed by atoms with Crippen LogP contribution in [0.1, 0.15) is 56.0 Å². The van der Waals surface area contributed by atoms with Gasteiger partial charge in [0.1, 0.15) is 11.6 Å². The molecule has 2 rings (SSSR count). The molecule has 0 bridgehead atoms. The fourth-order valence-electron chi connectivity index (χ4n) is 2.32. The third-order valence-electron chi connectivity index (χ3n) is 3.28. The maximum absolute atomic E-state index is 5.87. The van der Waals surface area contributed by atoms with E-state index in [0.29, 0.717) is 11.7 Å². The predicted molar refractivity (Wildman–Crippen MR) is 69.3 cm³/mol. The lowest BCUT2D eigenvalue weighted by Gasteiger charge is -2.14. The summed E-state index contributed by atoms with van der Waals surface area (Å²) in [7, 11) is 0. The lowest BCUT2D eigenvalue weighted by atomic mass is 9.99. The number of nitrogens with zero attached hydrogens (tertiary/aromatic N) is 2. The van der Waals surface area contributed by atoms with Gasteiger partial charge in [0.25, 0.3) is 0 Å². The zero-order valence-corrected chi connectivity index (χ0v) is 11.3. The highest BCUT2D eigenvalue weighted by Crippen LogP contribution is 2.31. The van der Waals surface area contributed by atoms with Gasteiger partial charge in [0.15, 0.2) is 0 Å². The molecule has 1 aromatic rings. The van der Waals surface area contributed by atoms with Crippen LogP contribution in [0.5, 0.6) is 0 Å². The second kappa shape index (κ2) is 5.13. The molecule has 1 aromatic heterocycles. The molecule has 0 atom stereocenters. The van der Waals surface area contributed by atoms with Crippen LogP contribution < -0.4 is 5.73 Å². The number of hydrogen-bond acceptors (Lipinski definition) is 3. The van der Waals surface area contributed by atoms with Crippen molar-refractivity contribution in [1.82, 2.24) is 9.97 Å². The molecule has 88 valence electrons. The van der Waals surface area contributed by atoms with Crippen LogP contribution in [0.25, 0.3) is 0 Å². The Bertz CT molecular complexity index is 348. The van der Waals surface area contributed by atoms with Gasteiger partial charge in [0.2, 0.25) is 0 Å². The summed E-state index contributed by atoms with van der Waals surface area (Å²) >= 11 is 3.40. The second-order valence-electron chi connectivity index (χ2n) is 4.55. The van der Waals surface area contributed by atoms with Crippen molar-refractivity contribution in [1.29, 1.82) is 0 Å². The van der Waals surface area contributed by atoms with Gasteiger partial charge in [-0.1, -0.05) is 25.7 Å². The fourth-order valence-corrected chi connectivity index (χ4v) is 2.50. The number of nitrogens with two attached hydrogens (primary N) is 1. The van der Waals surface area contributed by atoms with Gasteiger partial charge in [0, 0.05) is 5.92 Å². The number of rotatable bonds is 1. The molecule has 0 amide bonds. The number of nitrogen functional groups attached to an aromatic ring is 1. The van der Waals surface area contributed by atoms with Crippen LogP contribution in [0.4, 0.5) is 5.82 Å². The van der Waals surface area contributed by atoms with Gasteiger partial charge < -0.3 is 5.73 Å². The third-order valence-corrected chi connectivity index (χ3v) is 4.26. The molecule has 0 unspecified atom stereocenters. The summed E-state index contributed by atoms with van der Waals surface area (Å²) in [6, 6.07) is 0. The number of anilines is 1. The zero-order valence-electron chi connectivity index (χ0n) is 9.67. The topological polar surface area (TPSA) is 51.8 Å². The first-order chi connectivity index (χ1) is 7.68. The van der Waals surface area contributed by atoms with Crippen LogP contribution in [0.15, 0.2) is 4.47 Å². The van der Waals surface area contributed by atoms with E-state index < -0.39 is 0 Å². The Hall–Kier alpha value is -0.640. The SMILES string of the molecule is Cc1nc(C2CCCCCC2)nc(N)c1Br. The number of aryl methyl sites for hydroxylation is 1. The molecule has 16 heavy (non-hydrogen) atoms. The van der Waals surface area contributed by atoms with Gasteiger partial charge in [-0.3, -0.25) is 0 Å². The summed E-state index contributed by atoms with van der Waals surface area (Å²) in [5.74, 6) is 2.03.